The molecule has 0 bridgehead atoms. The van der Waals surface area contributed by atoms with Gasteiger partial charge in [-0.1, -0.05) is 15.9 Å². The van der Waals surface area contributed by atoms with Gasteiger partial charge >= 0.3 is 0 Å². The first-order chi connectivity index (χ1) is 14.0. The molecule has 1 aromatic heterocycles. The number of benzene rings is 2. The second-order valence-electron chi connectivity index (χ2n) is 6.76. The standard InChI is InChI=1S/C21H19BrN4O3/c1-12-19(13-3-9-16(29-2)10-4-13)25-26-17(11-18(27)24-20(12)26)21(28)23-15-7-5-14(22)6-8-15/h3-10,17H,11H2,1-2H3,(H,23,28)(H,24,27)/t17-/m0/s1. The number of hydrogen-bond acceptors (Lipinski definition) is 4. The summed E-state index contributed by atoms with van der Waals surface area (Å²) >= 11 is 3.37. The van der Waals surface area contributed by atoms with E-state index < -0.39 is 6.04 Å². The first kappa shape index (κ1) is 19.2. The number of carbonyl (C=O) groups is 2. The van der Waals surface area contributed by atoms with Crippen molar-refractivity contribution in [3.05, 3.63) is 58.6 Å². The number of carbonyl (C=O) groups excluding carboxylic acids is 2. The van der Waals surface area contributed by atoms with Gasteiger partial charge in [0.2, 0.25) is 11.8 Å². The average molecular weight is 455 g/mol. The van der Waals surface area contributed by atoms with E-state index in [0.29, 0.717) is 17.2 Å². The van der Waals surface area contributed by atoms with Crippen LogP contribution in [0.3, 0.4) is 0 Å². The number of halogens is 1. The Morgan fingerprint density at radius 2 is 1.90 bits per heavy atom. The minimum Gasteiger partial charge on any atom is -0.497 e. The van der Waals surface area contributed by atoms with Crippen LogP contribution in [0.1, 0.15) is 18.0 Å². The van der Waals surface area contributed by atoms with Crippen LogP contribution in [-0.4, -0.2) is 28.7 Å². The van der Waals surface area contributed by atoms with Crippen LogP contribution in [-0.2, 0) is 9.59 Å². The van der Waals surface area contributed by atoms with Gasteiger partial charge in [0.25, 0.3) is 0 Å². The highest BCUT2D eigenvalue weighted by molar-refractivity contribution is 9.10. The van der Waals surface area contributed by atoms with Crippen LogP contribution in [0.5, 0.6) is 5.75 Å². The minimum absolute atomic E-state index is 0.0263. The molecule has 7 nitrogen and oxygen atoms in total. The fourth-order valence-electron chi connectivity index (χ4n) is 3.32. The quantitative estimate of drug-likeness (QED) is 0.619. The van der Waals surface area contributed by atoms with Crippen LogP contribution in [0.4, 0.5) is 11.5 Å². The number of nitrogens with one attached hydrogen (secondary N) is 2. The maximum atomic E-state index is 12.9. The molecular weight excluding hydrogens is 436 g/mol. The third-order valence-electron chi connectivity index (χ3n) is 4.86. The van der Waals surface area contributed by atoms with E-state index in [-0.39, 0.29) is 18.2 Å². The summed E-state index contributed by atoms with van der Waals surface area (Å²) < 4.78 is 7.72. The van der Waals surface area contributed by atoms with Crippen molar-refractivity contribution >= 4 is 39.2 Å². The van der Waals surface area contributed by atoms with Gasteiger partial charge in [0, 0.05) is 21.3 Å². The molecule has 8 heteroatoms. The van der Waals surface area contributed by atoms with Crippen LogP contribution >= 0.6 is 15.9 Å². The maximum absolute atomic E-state index is 12.9. The minimum atomic E-state index is -0.729. The molecule has 148 valence electrons. The van der Waals surface area contributed by atoms with Crippen molar-refractivity contribution in [2.75, 3.05) is 17.7 Å². The van der Waals surface area contributed by atoms with Gasteiger partial charge in [-0.3, -0.25) is 9.59 Å². The number of methoxy groups -OCH3 is 1. The molecule has 2 amide bonds. The van der Waals surface area contributed by atoms with Crippen molar-refractivity contribution in [1.82, 2.24) is 9.78 Å². The molecule has 0 radical (unpaired) electrons. The lowest BCUT2D eigenvalue weighted by molar-refractivity contribution is -0.125. The Balaban J connectivity index is 1.67. The van der Waals surface area contributed by atoms with Gasteiger partial charge in [0.05, 0.1) is 19.2 Å². The smallest absolute Gasteiger partial charge is 0.249 e. The van der Waals surface area contributed by atoms with E-state index in [1.165, 1.54) is 0 Å². The Labute approximate surface area is 176 Å². The number of nitrogens with zero attached hydrogens (tertiary/aromatic N) is 2. The number of rotatable bonds is 4. The highest BCUT2D eigenvalue weighted by atomic mass is 79.9. The van der Waals surface area contributed by atoms with Crippen LogP contribution < -0.4 is 15.4 Å². The Hall–Kier alpha value is -3.13. The van der Waals surface area contributed by atoms with E-state index >= 15 is 0 Å². The van der Waals surface area contributed by atoms with Gasteiger partial charge in [0.1, 0.15) is 17.6 Å². The second kappa shape index (κ2) is 7.71. The fraction of sp³-hybridized carbons (Fsp3) is 0.190. The molecule has 29 heavy (non-hydrogen) atoms. The van der Waals surface area contributed by atoms with Crippen LogP contribution in [0.2, 0.25) is 0 Å². The molecule has 0 spiro atoms. The van der Waals surface area contributed by atoms with Gasteiger partial charge in [-0.05, 0) is 55.5 Å². The molecule has 1 atom stereocenters. The lowest BCUT2D eigenvalue weighted by Gasteiger charge is -2.24. The van der Waals surface area contributed by atoms with Crippen LogP contribution in [0.15, 0.2) is 53.0 Å². The molecule has 0 unspecified atom stereocenters. The predicted molar refractivity (Wildman–Crippen MR) is 114 cm³/mol. The zero-order chi connectivity index (χ0) is 20.5. The predicted octanol–water partition coefficient (Wildman–Crippen LogP) is 4.15. The van der Waals surface area contributed by atoms with E-state index in [2.05, 4.69) is 31.7 Å². The monoisotopic (exact) mass is 454 g/mol. The Morgan fingerprint density at radius 1 is 1.21 bits per heavy atom. The largest absolute Gasteiger partial charge is 0.497 e. The van der Waals surface area contributed by atoms with Crippen molar-refractivity contribution in [2.45, 2.75) is 19.4 Å². The first-order valence-electron chi connectivity index (χ1n) is 9.06. The lowest BCUT2D eigenvalue weighted by Crippen LogP contribution is -2.35. The van der Waals surface area contributed by atoms with Gasteiger partial charge in [-0.2, -0.15) is 5.10 Å². The maximum Gasteiger partial charge on any atom is 0.249 e. The molecule has 2 N–H and O–H groups in total. The van der Waals surface area contributed by atoms with Crippen LogP contribution in [0.25, 0.3) is 11.3 Å². The number of fused-ring (bicyclic) bond motifs is 1. The SMILES string of the molecule is COc1ccc(-c2nn3c(c2C)NC(=O)C[C@H]3C(=O)Nc2ccc(Br)cc2)cc1. The van der Waals surface area contributed by atoms with E-state index in [9.17, 15) is 9.59 Å². The molecule has 3 aromatic rings. The molecule has 1 aliphatic heterocycles. The Morgan fingerprint density at radius 3 is 2.55 bits per heavy atom. The molecule has 0 aliphatic carbocycles. The number of aromatic nitrogens is 2. The van der Waals surface area contributed by atoms with E-state index in [4.69, 9.17) is 4.74 Å². The summed E-state index contributed by atoms with van der Waals surface area (Å²) in [5.74, 6) is 0.795. The molecule has 2 heterocycles. The summed E-state index contributed by atoms with van der Waals surface area (Å²) in [6, 6.07) is 14.0. The van der Waals surface area contributed by atoms with Crippen molar-refractivity contribution in [1.29, 1.82) is 0 Å². The Kier molecular flexibility index (Phi) is 5.10. The first-order valence-corrected chi connectivity index (χ1v) is 9.85. The molecule has 2 aromatic carbocycles. The molecule has 0 saturated heterocycles. The molecule has 4 rings (SSSR count). The summed E-state index contributed by atoms with van der Waals surface area (Å²) in [6.45, 7) is 1.88. The third kappa shape index (κ3) is 3.75. The number of ether oxygens (including phenoxy) is 1. The van der Waals surface area contributed by atoms with Gasteiger partial charge < -0.3 is 15.4 Å². The molecular formula is C21H19BrN4O3. The second-order valence-corrected chi connectivity index (χ2v) is 7.68. The fourth-order valence-corrected chi connectivity index (χ4v) is 3.59. The van der Waals surface area contributed by atoms with Gasteiger partial charge in [0.15, 0.2) is 0 Å². The van der Waals surface area contributed by atoms with Crippen molar-refractivity contribution in [2.24, 2.45) is 0 Å². The van der Waals surface area contributed by atoms with Gasteiger partial charge in [-0.15, -0.1) is 0 Å². The third-order valence-corrected chi connectivity index (χ3v) is 5.39. The number of anilines is 2. The highest BCUT2D eigenvalue weighted by Gasteiger charge is 2.34. The molecule has 1 aliphatic rings. The van der Waals surface area contributed by atoms with E-state index in [1.54, 1.807) is 23.9 Å². The van der Waals surface area contributed by atoms with E-state index in [0.717, 1.165) is 21.3 Å². The normalized spacial score (nSPS) is 15.4. The summed E-state index contributed by atoms with van der Waals surface area (Å²) in [5.41, 5.74) is 3.06. The van der Waals surface area contributed by atoms with Crippen LogP contribution in [0, 0.1) is 6.92 Å². The summed E-state index contributed by atoms with van der Waals surface area (Å²) in [6.07, 6.45) is 0.0263. The van der Waals surface area contributed by atoms with Gasteiger partial charge in [-0.25, -0.2) is 4.68 Å². The topological polar surface area (TPSA) is 85.2 Å². The Bertz CT molecular complexity index is 1070. The molecule has 0 saturated carbocycles. The highest BCUT2D eigenvalue weighted by Crippen LogP contribution is 2.35. The van der Waals surface area contributed by atoms with Crippen molar-refractivity contribution in [3.8, 4) is 17.0 Å². The molecule has 0 fully saturated rings. The summed E-state index contributed by atoms with van der Waals surface area (Å²) in [7, 11) is 1.61. The summed E-state index contributed by atoms with van der Waals surface area (Å²) in [4.78, 5) is 25.2. The number of hydrogen-bond donors (Lipinski definition) is 2. The lowest BCUT2D eigenvalue weighted by atomic mass is 10.1. The zero-order valence-corrected chi connectivity index (χ0v) is 17.5. The number of amides is 2. The summed E-state index contributed by atoms with van der Waals surface area (Å²) in [5, 5.41) is 10.4. The van der Waals surface area contributed by atoms with Crippen molar-refractivity contribution in [3.63, 3.8) is 0 Å². The van der Waals surface area contributed by atoms with E-state index in [1.807, 2.05) is 43.3 Å². The van der Waals surface area contributed by atoms with Crippen molar-refractivity contribution < 1.29 is 14.3 Å². The average Bonchev–Trinajstić information content (AvgIpc) is 3.05. The zero-order valence-electron chi connectivity index (χ0n) is 15.9.